The summed E-state index contributed by atoms with van der Waals surface area (Å²) in [5.74, 6) is 1.62. The topological polar surface area (TPSA) is 51.6 Å². The van der Waals surface area contributed by atoms with E-state index in [1.807, 2.05) is 24.3 Å². The molecule has 0 bridgehead atoms. The lowest BCUT2D eigenvalue weighted by Crippen LogP contribution is -2.17. The molecular weight excluding hydrogens is 825 g/mol. The predicted molar refractivity (Wildman–Crippen MR) is 284 cm³/mol. The predicted octanol–water partition coefficient (Wildman–Crippen LogP) is 16.7. The summed E-state index contributed by atoms with van der Waals surface area (Å²) in [4.78, 5) is 21.2. The van der Waals surface area contributed by atoms with Gasteiger partial charge in [-0.3, -0.25) is 0 Å². The highest BCUT2D eigenvalue weighted by Gasteiger charge is 2.30. The van der Waals surface area contributed by atoms with E-state index in [1.54, 1.807) is 0 Å². The summed E-state index contributed by atoms with van der Waals surface area (Å²) < 4.78 is 0. The van der Waals surface area contributed by atoms with Gasteiger partial charge >= 0.3 is 0 Å². The van der Waals surface area contributed by atoms with Crippen LogP contribution in [0, 0.1) is 0 Å². The number of rotatable bonds is 9. The first kappa shape index (κ1) is 44.0. The highest BCUT2D eigenvalue weighted by atomic mass is 14.9. The molecule has 0 N–H and O–H groups in total. The lowest BCUT2D eigenvalue weighted by atomic mass is 9.78. The summed E-state index contributed by atoms with van der Waals surface area (Å²) in [5.41, 5.74) is 18.2. The Balaban J connectivity index is 1.02. The molecule has 332 valence electrons. The largest absolute Gasteiger partial charge is 0.228 e. The molecular formula is C64H56N4. The first-order valence-electron chi connectivity index (χ1n) is 23.8. The van der Waals surface area contributed by atoms with Gasteiger partial charge in [0.1, 0.15) is 0 Å². The molecule has 68 heavy (non-hydrogen) atoms. The molecule has 0 saturated heterocycles. The van der Waals surface area contributed by atoms with Gasteiger partial charge in [0.2, 0.25) is 0 Å². The van der Waals surface area contributed by atoms with E-state index in [2.05, 4.69) is 230 Å². The maximum absolute atomic E-state index is 5.35. The zero-order valence-corrected chi connectivity index (χ0v) is 39.8. The first-order chi connectivity index (χ1) is 33.0. The van der Waals surface area contributed by atoms with Gasteiger partial charge in [-0.2, -0.15) is 0 Å². The number of aromatic nitrogens is 4. The molecule has 0 aliphatic heterocycles. The summed E-state index contributed by atoms with van der Waals surface area (Å²) in [6.45, 7) is 13.6. The summed E-state index contributed by atoms with van der Waals surface area (Å²) >= 11 is 0. The van der Waals surface area contributed by atoms with Crippen LogP contribution in [0.5, 0.6) is 0 Å². The minimum Gasteiger partial charge on any atom is -0.228 e. The molecule has 9 aromatic rings. The van der Waals surface area contributed by atoms with Crippen LogP contribution in [0.15, 0.2) is 212 Å². The quantitative estimate of drug-likeness (QED) is 0.145. The molecule has 1 unspecified atom stereocenters. The molecule has 4 heteroatoms. The van der Waals surface area contributed by atoms with Crippen molar-refractivity contribution in [2.45, 2.75) is 64.7 Å². The molecule has 1 aliphatic carbocycles. The number of hydrogen-bond acceptors (Lipinski definition) is 4. The highest BCUT2D eigenvalue weighted by molar-refractivity contribution is 5.87. The Morgan fingerprint density at radius 1 is 0.353 bits per heavy atom. The minimum absolute atomic E-state index is 0.171. The zero-order chi connectivity index (χ0) is 46.8. The first-order valence-corrected chi connectivity index (χ1v) is 23.8. The molecule has 2 aromatic heterocycles. The fraction of sp³-hybridized carbons (Fsp3) is 0.156. The van der Waals surface area contributed by atoms with Gasteiger partial charge in [0, 0.05) is 50.4 Å². The second kappa shape index (κ2) is 18.5. The monoisotopic (exact) mass is 880 g/mol. The van der Waals surface area contributed by atoms with Crippen LogP contribution in [0.3, 0.4) is 0 Å². The summed E-state index contributed by atoms with van der Waals surface area (Å²) in [5, 5.41) is 0. The third-order valence-corrected chi connectivity index (χ3v) is 12.9. The van der Waals surface area contributed by atoms with Gasteiger partial charge in [0.25, 0.3) is 0 Å². The van der Waals surface area contributed by atoms with Crippen molar-refractivity contribution in [3.05, 3.63) is 235 Å². The Labute approximate surface area is 401 Å². The molecule has 1 atom stereocenters. The molecule has 0 spiro atoms. The highest BCUT2D eigenvalue weighted by Crippen LogP contribution is 2.45. The van der Waals surface area contributed by atoms with E-state index in [-0.39, 0.29) is 16.7 Å². The van der Waals surface area contributed by atoms with Gasteiger partial charge < -0.3 is 0 Å². The van der Waals surface area contributed by atoms with Gasteiger partial charge in [-0.15, -0.1) is 0 Å². The molecule has 2 heterocycles. The van der Waals surface area contributed by atoms with E-state index in [0.29, 0.717) is 0 Å². The lowest BCUT2D eigenvalue weighted by Gasteiger charge is -2.27. The van der Waals surface area contributed by atoms with E-state index in [0.717, 1.165) is 90.9 Å². The molecule has 7 aromatic carbocycles. The summed E-state index contributed by atoms with van der Waals surface area (Å²) in [7, 11) is 0. The van der Waals surface area contributed by atoms with Crippen molar-refractivity contribution in [3.63, 3.8) is 0 Å². The Morgan fingerprint density at radius 2 is 0.691 bits per heavy atom. The third kappa shape index (κ3) is 8.90. The molecule has 10 rings (SSSR count). The van der Waals surface area contributed by atoms with E-state index in [4.69, 9.17) is 19.9 Å². The Hall–Kier alpha value is -7.82. The average molecular weight is 881 g/mol. The fourth-order valence-electron chi connectivity index (χ4n) is 9.69. The van der Waals surface area contributed by atoms with Gasteiger partial charge in [0.15, 0.2) is 11.6 Å². The summed E-state index contributed by atoms with van der Waals surface area (Å²) in [6.07, 6.45) is 7.72. The standard InChI is InChI=1S/C64H56N4/c1-63(2,3)55-57(45-23-11-7-12-24-45)65-61(49-27-15-9-16-28-49)67-59(55)47-39-35-43(36-40-47)51-31-19-21-33-53(51)54-34-22-20-32-52(54)44-37-41-48(42-38-44)60-56(64(4,5)6)58(46-25-13-8-14-26-46)66-62(68-60)50-29-17-10-18-30-50/h7-31,33-42,52H,32H2,1-6H3. The van der Waals surface area contributed by atoms with Crippen LogP contribution in [0.2, 0.25) is 0 Å². The lowest BCUT2D eigenvalue weighted by molar-refractivity contribution is 0.588. The number of nitrogens with zero attached hydrogens (tertiary/aromatic N) is 4. The molecule has 0 amide bonds. The second-order valence-electron chi connectivity index (χ2n) is 19.8. The van der Waals surface area contributed by atoms with Crippen LogP contribution in [-0.2, 0) is 10.8 Å². The van der Waals surface area contributed by atoms with Gasteiger partial charge in [0.05, 0.1) is 22.8 Å². The van der Waals surface area contributed by atoms with E-state index in [1.165, 1.54) is 22.3 Å². The molecule has 0 saturated carbocycles. The fourth-order valence-corrected chi connectivity index (χ4v) is 9.69. The number of benzene rings is 7. The van der Waals surface area contributed by atoms with Crippen LogP contribution in [0.4, 0.5) is 0 Å². The van der Waals surface area contributed by atoms with Gasteiger partial charge in [-0.1, -0.05) is 254 Å². The van der Waals surface area contributed by atoms with Crippen LogP contribution in [0.1, 0.15) is 76.1 Å². The van der Waals surface area contributed by atoms with Gasteiger partial charge in [-0.25, -0.2) is 19.9 Å². The van der Waals surface area contributed by atoms with E-state index < -0.39 is 0 Å². The van der Waals surface area contributed by atoms with E-state index >= 15 is 0 Å². The SMILES string of the molecule is CC(C)(C)c1c(-c2ccccc2)nc(-c2ccccc2)nc1-c1ccc(-c2ccccc2C2=CC=CCC2c2ccc(-c3nc(-c4ccccc4)nc(-c4ccccc4)c3C(C)(C)C)cc2)cc1. The van der Waals surface area contributed by atoms with Crippen molar-refractivity contribution in [1.82, 2.24) is 19.9 Å². The average Bonchev–Trinajstić information content (AvgIpc) is 3.38. The smallest absolute Gasteiger partial charge is 0.160 e. The minimum atomic E-state index is -0.227. The Kier molecular flexibility index (Phi) is 12.0. The van der Waals surface area contributed by atoms with Crippen molar-refractivity contribution < 1.29 is 0 Å². The Morgan fingerprint density at radius 3 is 1.10 bits per heavy atom. The van der Waals surface area contributed by atoms with Crippen LogP contribution in [-0.4, -0.2) is 19.9 Å². The molecule has 1 aliphatic rings. The third-order valence-electron chi connectivity index (χ3n) is 12.9. The zero-order valence-electron chi connectivity index (χ0n) is 39.8. The van der Waals surface area contributed by atoms with Crippen molar-refractivity contribution in [3.8, 4) is 78.9 Å². The van der Waals surface area contributed by atoms with Crippen molar-refractivity contribution in [1.29, 1.82) is 0 Å². The number of allylic oxidation sites excluding steroid dienone is 4. The normalized spacial score (nSPS) is 13.9. The van der Waals surface area contributed by atoms with E-state index in [9.17, 15) is 0 Å². The maximum atomic E-state index is 5.35. The van der Waals surface area contributed by atoms with Gasteiger partial charge in [-0.05, 0) is 45.1 Å². The maximum Gasteiger partial charge on any atom is 0.160 e. The molecule has 0 fully saturated rings. The second-order valence-corrected chi connectivity index (χ2v) is 19.8. The van der Waals surface area contributed by atoms with Crippen molar-refractivity contribution >= 4 is 5.57 Å². The van der Waals surface area contributed by atoms with Crippen LogP contribution < -0.4 is 0 Å². The number of hydrogen-bond donors (Lipinski definition) is 0. The van der Waals surface area contributed by atoms with Crippen molar-refractivity contribution in [2.24, 2.45) is 0 Å². The van der Waals surface area contributed by atoms with Crippen LogP contribution in [0.25, 0.3) is 84.5 Å². The van der Waals surface area contributed by atoms with Crippen LogP contribution >= 0.6 is 0 Å². The Bertz CT molecular complexity index is 3270. The molecule has 0 radical (unpaired) electrons. The summed E-state index contributed by atoms with van der Waals surface area (Å²) in [6, 6.07) is 68.7. The van der Waals surface area contributed by atoms with Crippen molar-refractivity contribution in [2.75, 3.05) is 0 Å². The molecule has 4 nitrogen and oxygen atoms in total.